The van der Waals surface area contributed by atoms with Crippen molar-refractivity contribution < 1.29 is 9.47 Å². The number of hydrogen-bond acceptors (Lipinski definition) is 9. The third-order valence-corrected chi connectivity index (χ3v) is 6.38. The number of allylic oxidation sites excluding steroid dienone is 1. The highest BCUT2D eigenvalue weighted by molar-refractivity contribution is 5.88. The highest BCUT2D eigenvalue weighted by atomic mass is 16.5. The maximum absolute atomic E-state index is 9.15. The Hall–Kier alpha value is -5.87. The highest BCUT2D eigenvalue weighted by Crippen LogP contribution is 2.35. The zero-order chi connectivity index (χ0) is 28.8. The molecule has 0 amide bonds. The zero-order valence-corrected chi connectivity index (χ0v) is 22.7. The van der Waals surface area contributed by atoms with Crippen molar-refractivity contribution in [2.24, 2.45) is 0 Å². The Bertz CT molecular complexity index is 1810. The number of fused-ring (bicyclic) bond motifs is 1. The van der Waals surface area contributed by atoms with Gasteiger partial charge >= 0.3 is 0 Å². The van der Waals surface area contributed by atoms with E-state index in [9.17, 15) is 0 Å². The zero-order valence-electron chi connectivity index (χ0n) is 22.7. The SMILES string of the molecule is COc1ccc(Cn2cnc3c(Nc4c(C)cc(/C=C/C#N)cc4OC)nc(Nc4ccc(C#N)cc4)nc32)cc1. The molecule has 0 unspecified atom stereocenters. The number of methoxy groups -OCH3 is 2. The lowest BCUT2D eigenvalue weighted by Gasteiger charge is -2.16. The monoisotopic (exact) mass is 542 g/mol. The van der Waals surface area contributed by atoms with E-state index in [-0.39, 0.29) is 0 Å². The van der Waals surface area contributed by atoms with Gasteiger partial charge in [0.05, 0.1) is 50.5 Å². The summed E-state index contributed by atoms with van der Waals surface area (Å²) in [6, 6.07) is 22.8. The summed E-state index contributed by atoms with van der Waals surface area (Å²) in [4.78, 5) is 14.2. The number of nitriles is 2. The smallest absolute Gasteiger partial charge is 0.231 e. The van der Waals surface area contributed by atoms with Crippen LogP contribution in [0, 0.1) is 29.6 Å². The lowest BCUT2D eigenvalue weighted by atomic mass is 10.1. The van der Waals surface area contributed by atoms with Crippen molar-refractivity contribution in [1.82, 2.24) is 19.5 Å². The average molecular weight is 543 g/mol. The number of benzene rings is 3. The van der Waals surface area contributed by atoms with Crippen molar-refractivity contribution in [2.45, 2.75) is 13.5 Å². The van der Waals surface area contributed by atoms with E-state index in [4.69, 9.17) is 30.0 Å². The van der Waals surface area contributed by atoms with Gasteiger partial charge in [-0.25, -0.2) is 4.98 Å². The standard InChI is InChI=1S/C31H26N8O2/c1-20-15-23(5-4-14-32)16-26(41-3)27(20)36-29-28-30(38-31(37-29)35-24-10-6-21(17-33)7-11-24)39(19-34-28)18-22-8-12-25(40-2)13-9-22/h4-13,15-16,19H,18H2,1-3H3,(H2,35,36,37,38)/b5-4+. The molecule has 0 aliphatic carbocycles. The van der Waals surface area contributed by atoms with E-state index in [1.165, 1.54) is 6.08 Å². The fourth-order valence-corrected chi connectivity index (χ4v) is 4.34. The van der Waals surface area contributed by atoms with Crippen LogP contribution in [0.25, 0.3) is 17.2 Å². The van der Waals surface area contributed by atoms with Gasteiger partial charge in [-0.05, 0) is 78.2 Å². The summed E-state index contributed by atoms with van der Waals surface area (Å²) in [7, 11) is 3.23. The molecule has 0 saturated carbocycles. The van der Waals surface area contributed by atoms with Gasteiger partial charge < -0.3 is 24.7 Å². The Balaban J connectivity index is 1.58. The summed E-state index contributed by atoms with van der Waals surface area (Å²) in [6.07, 6.45) is 4.88. The van der Waals surface area contributed by atoms with Crippen molar-refractivity contribution >= 4 is 40.4 Å². The molecule has 2 aromatic heterocycles. The van der Waals surface area contributed by atoms with Gasteiger partial charge in [0.2, 0.25) is 5.95 Å². The van der Waals surface area contributed by atoms with E-state index in [0.717, 1.165) is 33.8 Å². The van der Waals surface area contributed by atoms with E-state index in [1.807, 2.05) is 54.0 Å². The van der Waals surface area contributed by atoms with Gasteiger partial charge in [0.15, 0.2) is 17.0 Å². The molecule has 41 heavy (non-hydrogen) atoms. The van der Waals surface area contributed by atoms with E-state index < -0.39 is 0 Å². The molecular formula is C31H26N8O2. The van der Waals surface area contributed by atoms with Gasteiger partial charge in [0.25, 0.3) is 0 Å². The predicted molar refractivity (Wildman–Crippen MR) is 158 cm³/mol. The summed E-state index contributed by atoms with van der Waals surface area (Å²) in [5.41, 5.74) is 6.01. The van der Waals surface area contributed by atoms with Crippen LogP contribution in [0.5, 0.6) is 11.5 Å². The largest absolute Gasteiger partial charge is 0.497 e. The molecule has 0 radical (unpaired) electrons. The number of ether oxygens (including phenoxy) is 2. The summed E-state index contributed by atoms with van der Waals surface area (Å²) in [5.74, 6) is 2.21. The van der Waals surface area contributed by atoms with E-state index in [2.05, 4.69) is 21.7 Å². The first-order chi connectivity index (χ1) is 20.0. The first kappa shape index (κ1) is 26.7. The number of nitrogens with zero attached hydrogens (tertiary/aromatic N) is 6. The van der Waals surface area contributed by atoms with Crippen LogP contribution in [0.15, 0.2) is 73.1 Å². The summed E-state index contributed by atoms with van der Waals surface area (Å²) in [6.45, 7) is 2.49. The number of nitrogens with one attached hydrogen (secondary N) is 2. The third kappa shape index (κ3) is 5.92. The number of anilines is 4. The molecule has 0 aliphatic rings. The van der Waals surface area contributed by atoms with Crippen LogP contribution in [0.4, 0.5) is 23.1 Å². The molecule has 202 valence electrons. The molecular weight excluding hydrogens is 516 g/mol. The first-order valence-corrected chi connectivity index (χ1v) is 12.7. The minimum Gasteiger partial charge on any atom is -0.497 e. The van der Waals surface area contributed by atoms with Gasteiger partial charge in [0.1, 0.15) is 11.5 Å². The minimum atomic E-state index is 0.353. The molecule has 2 heterocycles. The lowest BCUT2D eigenvalue weighted by Crippen LogP contribution is -2.06. The van der Waals surface area contributed by atoms with Crippen molar-refractivity contribution in [3.05, 3.63) is 95.3 Å². The molecule has 3 aromatic carbocycles. The molecule has 0 atom stereocenters. The second kappa shape index (κ2) is 11.9. The summed E-state index contributed by atoms with van der Waals surface area (Å²) < 4.78 is 12.9. The number of imidazole rings is 1. The van der Waals surface area contributed by atoms with Crippen LogP contribution in [-0.4, -0.2) is 33.7 Å². The topological polar surface area (TPSA) is 134 Å². The van der Waals surface area contributed by atoms with Gasteiger partial charge in [0, 0.05) is 11.8 Å². The second-order valence-electron chi connectivity index (χ2n) is 9.11. The maximum atomic E-state index is 9.15. The number of rotatable bonds is 9. The van der Waals surface area contributed by atoms with Crippen LogP contribution in [0.1, 0.15) is 22.3 Å². The van der Waals surface area contributed by atoms with Crippen molar-refractivity contribution in [3.63, 3.8) is 0 Å². The lowest BCUT2D eigenvalue weighted by molar-refractivity contribution is 0.414. The number of hydrogen-bond donors (Lipinski definition) is 2. The van der Waals surface area contributed by atoms with Crippen molar-refractivity contribution in [1.29, 1.82) is 10.5 Å². The van der Waals surface area contributed by atoms with E-state index >= 15 is 0 Å². The third-order valence-electron chi connectivity index (χ3n) is 6.38. The fraction of sp³-hybridized carbons (Fsp3) is 0.129. The molecule has 10 heteroatoms. The maximum Gasteiger partial charge on any atom is 0.231 e. The van der Waals surface area contributed by atoms with Gasteiger partial charge in [-0.1, -0.05) is 12.1 Å². The Kier molecular flexibility index (Phi) is 7.75. The predicted octanol–water partition coefficient (Wildman–Crippen LogP) is 6.10. The molecule has 10 nitrogen and oxygen atoms in total. The highest BCUT2D eigenvalue weighted by Gasteiger charge is 2.17. The normalized spacial score (nSPS) is 10.8. The van der Waals surface area contributed by atoms with Crippen molar-refractivity contribution in [2.75, 3.05) is 24.9 Å². The average Bonchev–Trinajstić information content (AvgIpc) is 3.40. The molecule has 0 bridgehead atoms. The minimum absolute atomic E-state index is 0.353. The van der Waals surface area contributed by atoms with Crippen LogP contribution in [0.2, 0.25) is 0 Å². The number of aromatic nitrogens is 4. The van der Waals surface area contributed by atoms with Crippen LogP contribution in [0.3, 0.4) is 0 Å². The molecule has 0 spiro atoms. The fourth-order valence-electron chi connectivity index (χ4n) is 4.34. The molecule has 0 aliphatic heterocycles. The summed E-state index contributed by atoms with van der Waals surface area (Å²) in [5, 5.41) is 24.7. The molecule has 5 rings (SSSR count). The molecule has 5 aromatic rings. The molecule has 2 N–H and O–H groups in total. The van der Waals surface area contributed by atoms with Crippen LogP contribution < -0.4 is 20.1 Å². The summed E-state index contributed by atoms with van der Waals surface area (Å²) >= 11 is 0. The molecule has 0 saturated heterocycles. The molecule has 0 fully saturated rings. The number of aryl methyl sites for hydroxylation is 1. The Labute approximate surface area is 237 Å². The second-order valence-corrected chi connectivity index (χ2v) is 9.11. The quantitative estimate of drug-likeness (QED) is 0.212. The van der Waals surface area contributed by atoms with Gasteiger partial charge in [-0.3, -0.25) is 0 Å². The Morgan fingerprint density at radius 1 is 0.951 bits per heavy atom. The first-order valence-electron chi connectivity index (χ1n) is 12.7. The van der Waals surface area contributed by atoms with Crippen LogP contribution in [-0.2, 0) is 6.54 Å². The van der Waals surface area contributed by atoms with Gasteiger partial charge in [-0.15, -0.1) is 0 Å². The Morgan fingerprint density at radius 2 is 1.73 bits per heavy atom. The van der Waals surface area contributed by atoms with Crippen LogP contribution >= 0.6 is 0 Å². The van der Waals surface area contributed by atoms with Gasteiger partial charge in [-0.2, -0.15) is 20.5 Å². The van der Waals surface area contributed by atoms with E-state index in [1.54, 1.807) is 50.9 Å². The Morgan fingerprint density at radius 3 is 2.41 bits per heavy atom. The van der Waals surface area contributed by atoms with E-state index in [0.29, 0.717) is 40.8 Å². The van der Waals surface area contributed by atoms with Crippen molar-refractivity contribution in [3.8, 4) is 23.6 Å².